The van der Waals surface area contributed by atoms with E-state index < -0.39 is 6.04 Å². The summed E-state index contributed by atoms with van der Waals surface area (Å²) in [5.41, 5.74) is 2.28. The summed E-state index contributed by atoms with van der Waals surface area (Å²) < 4.78 is 0. The molecule has 138 valence electrons. The monoisotopic (exact) mass is 355 g/mol. The Morgan fingerprint density at radius 3 is 2.85 bits per heavy atom. The summed E-state index contributed by atoms with van der Waals surface area (Å²) in [4.78, 5) is 38.7. The molecule has 2 aliphatic rings. The van der Waals surface area contributed by atoms with Crippen molar-refractivity contribution in [1.29, 1.82) is 0 Å². The third-order valence-corrected chi connectivity index (χ3v) is 4.88. The summed E-state index contributed by atoms with van der Waals surface area (Å²) >= 11 is 0. The Hall–Kier alpha value is -2.63. The lowest BCUT2D eigenvalue weighted by Crippen LogP contribution is -2.47. The predicted molar refractivity (Wildman–Crippen MR) is 99.9 cm³/mol. The Labute approximate surface area is 153 Å². The number of nitrogens with zero attached hydrogens (tertiary/aromatic N) is 1. The van der Waals surface area contributed by atoms with Gasteiger partial charge in [-0.25, -0.2) is 0 Å². The molecule has 0 fully saturated rings. The fraction of sp³-hybridized carbons (Fsp3) is 0.450. The van der Waals surface area contributed by atoms with Crippen LogP contribution in [0.4, 0.5) is 5.69 Å². The van der Waals surface area contributed by atoms with Crippen molar-refractivity contribution in [3.63, 3.8) is 0 Å². The second kappa shape index (κ2) is 8.17. The van der Waals surface area contributed by atoms with Crippen molar-refractivity contribution in [1.82, 2.24) is 10.6 Å². The molecule has 1 heterocycles. The number of allylic oxidation sites excluding steroid dienone is 1. The summed E-state index contributed by atoms with van der Waals surface area (Å²) in [5, 5.41) is 5.56. The Morgan fingerprint density at radius 2 is 2.08 bits per heavy atom. The summed E-state index contributed by atoms with van der Waals surface area (Å²) in [6.45, 7) is 2.11. The average Bonchev–Trinajstić information content (AvgIpc) is 2.74. The zero-order chi connectivity index (χ0) is 18.5. The lowest BCUT2D eigenvalue weighted by atomic mass is 9.97. The van der Waals surface area contributed by atoms with Crippen LogP contribution in [0.3, 0.4) is 0 Å². The molecular formula is C20H25N3O3. The van der Waals surface area contributed by atoms with Crippen LogP contribution in [0.15, 0.2) is 35.9 Å². The predicted octanol–water partition coefficient (Wildman–Crippen LogP) is 2.16. The number of amides is 3. The molecule has 0 bridgehead atoms. The highest BCUT2D eigenvalue weighted by Gasteiger charge is 2.32. The summed E-state index contributed by atoms with van der Waals surface area (Å²) in [5.74, 6) is -0.798. The number of anilines is 1. The number of benzene rings is 1. The fourth-order valence-electron chi connectivity index (χ4n) is 3.45. The normalized spacial score (nSPS) is 20.0. The van der Waals surface area contributed by atoms with Gasteiger partial charge in [0.05, 0.1) is 11.3 Å². The molecule has 0 aromatic heterocycles. The van der Waals surface area contributed by atoms with Gasteiger partial charge in [0.1, 0.15) is 12.6 Å². The van der Waals surface area contributed by atoms with E-state index in [2.05, 4.69) is 16.7 Å². The van der Waals surface area contributed by atoms with Gasteiger partial charge in [-0.1, -0.05) is 23.8 Å². The Kier molecular flexibility index (Phi) is 5.71. The first-order valence-corrected chi connectivity index (χ1v) is 9.22. The number of rotatable bonds is 5. The van der Waals surface area contributed by atoms with Crippen molar-refractivity contribution in [3.8, 4) is 0 Å². The quantitative estimate of drug-likeness (QED) is 0.795. The molecule has 0 unspecified atom stereocenters. The zero-order valence-electron chi connectivity index (χ0n) is 15.1. The number of hydrogen-bond donors (Lipinski definition) is 2. The zero-order valence-corrected chi connectivity index (χ0v) is 15.1. The molecule has 1 aliphatic heterocycles. The van der Waals surface area contributed by atoms with Crippen molar-refractivity contribution in [2.45, 2.75) is 45.1 Å². The maximum absolute atomic E-state index is 12.6. The minimum absolute atomic E-state index is 0.0891. The molecule has 0 saturated heterocycles. The van der Waals surface area contributed by atoms with Crippen LogP contribution in [0.2, 0.25) is 0 Å². The van der Waals surface area contributed by atoms with Gasteiger partial charge in [-0.15, -0.1) is 0 Å². The highest BCUT2D eigenvalue weighted by atomic mass is 16.2. The lowest BCUT2D eigenvalue weighted by Gasteiger charge is -2.23. The summed E-state index contributed by atoms with van der Waals surface area (Å²) in [6.07, 6.45) is 7.82. The molecule has 1 atom stereocenters. The van der Waals surface area contributed by atoms with Crippen molar-refractivity contribution in [2.24, 2.45) is 0 Å². The van der Waals surface area contributed by atoms with Crippen LogP contribution in [-0.4, -0.2) is 36.9 Å². The molecule has 6 nitrogen and oxygen atoms in total. The highest BCUT2D eigenvalue weighted by Crippen LogP contribution is 2.24. The second-order valence-corrected chi connectivity index (χ2v) is 6.84. The van der Waals surface area contributed by atoms with Gasteiger partial charge in [-0.05, 0) is 51.2 Å². The van der Waals surface area contributed by atoms with Gasteiger partial charge in [0.15, 0.2) is 0 Å². The SMILES string of the molecule is C[C@@H]1NC(=O)c2ccccc2N(CC(=O)NCCC2=CCCCC2)C1=O. The van der Waals surface area contributed by atoms with Gasteiger partial charge in [-0.2, -0.15) is 0 Å². The van der Waals surface area contributed by atoms with E-state index in [1.54, 1.807) is 31.2 Å². The van der Waals surface area contributed by atoms with E-state index in [1.165, 1.54) is 23.3 Å². The number of carbonyl (C=O) groups excluding carboxylic acids is 3. The molecular weight excluding hydrogens is 330 g/mol. The first kappa shape index (κ1) is 18.2. The van der Waals surface area contributed by atoms with Gasteiger partial charge < -0.3 is 15.5 Å². The second-order valence-electron chi connectivity index (χ2n) is 6.84. The van der Waals surface area contributed by atoms with E-state index in [9.17, 15) is 14.4 Å². The van der Waals surface area contributed by atoms with Gasteiger partial charge in [0, 0.05) is 6.54 Å². The minimum Gasteiger partial charge on any atom is -0.354 e. The van der Waals surface area contributed by atoms with Gasteiger partial charge in [0.2, 0.25) is 11.8 Å². The summed E-state index contributed by atoms with van der Waals surface area (Å²) in [6, 6.07) is 6.20. The smallest absolute Gasteiger partial charge is 0.254 e. The molecule has 0 radical (unpaired) electrons. The van der Waals surface area contributed by atoms with Crippen LogP contribution < -0.4 is 15.5 Å². The third kappa shape index (κ3) is 4.12. The molecule has 26 heavy (non-hydrogen) atoms. The van der Waals surface area contributed by atoms with Gasteiger partial charge in [0.25, 0.3) is 5.91 Å². The maximum atomic E-state index is 12.6. The molecule has 6 heteroatoms. The first-order valence-electron chi connectivity index (χ1n) is 9.22. The number of fused-ring (bicyclic) bond motifs is 1. The minimum atomic E-state index is -0.671. The molecule has 1 aromatic carbocycles. The lowest BCUT2D eigenvalue weighted by molar-refractivity contribution is -0.124. The number of nitrogens with one attached hydrogen (secondary N) is 2. The molecule has 3 rings (SSSR count). The maximum Gasteiger partial charge on any atom is 0.254 e. The van der Waals surface area contributed by atoms with Crippen LogP contribution in [0.25, 0.3) is 0 Å². The van der Waals surface area contributed by atoms with Gasteiger partial charge in [-0.3, -0.25) is 14.4 Å². The molecule has 0 spiro atoms. The van der Waals surface area contributed by atoms with Crippen LogP contribution in [-0.2, 0) is 9.59 Å². The number of hydrogen-bond acceptors (Lipinski definition) is 3. The van der Waals surface area contributed by atoms with E-state index in [1.807, 2.05) is 0 Å². The van der Waals surface area contributed by atoms with Crippen LogP contribution in [0, 0.1) is 0 Å². The first-order chi connectivity index (χ1) is 12.6. The Bertz CT molecular complexity index is 742. The third-order valence-electron chi connectivity index (χ3n) is 4.88. The standard InChI is InChI=1S/C20H25N3O3/c1-14-20(26)23(17-10-6-5-9-16(17)19(25)22-14)13-18(24)21-12-11-15-7-3-2-4-8-15/h5-7,9-10,14H,2-4,8,11-13H2,1H3,(H,21,24)(H,22,25)/t14-/m0/s1. The molecule has 2 N–H and O–H groups in total. The highest BCUT2D eigenvalue weighted by molar-refractivity contribution is 6.12. The van der Waals surface area contributed by atoms with Gasteiger partial charge >= 0.3 is 0 Å². The van der Waals surface area contributed by atoms with E-state index in [0.717, 1.165) is 19.3 Å². The number of para-hydroxylation sites is 1. The summed E-state index contributed by atoms with van der Waals surface area (Å²) in [7, 11) is 0. The van der Waals surface area contributed by atoms with E-state index in [4.69, 9.17) is 0 Å². The Balaban J connectivity index is 1.65. The average molecular weight is 355 g/mol. The topological polar surface area (TPSA) is 78.5 Å². The fourth-order valence-corrected chi connectivity index (χ4v) is 3.45. The number of carbonyl (C=O) groups is 3. The van der Waals surface area contributed by atoms with E-state index in [0.29, 0.717) is 17.8 Å². The van der Waals surface area contributed by atoms with Crippen molar-refractivity contribution in [2.75, 3.05) is 18.0 Å². The Morgan fingerprint density at radius 1 is 1.27 bits per heavy atom. The molecule has 3 amide bonds. The van der Waals surface area contributed by atoms with Crippen molar-refractivity contribution in [3.05, 3.63) is 41.5 Å². The van der Waals surface area contributed by atoms with Crippen molar-refractivity contribution < 1.29 is 14.4 Å². The van der Waals surface area contributed by atoms with Crippen LogP contribution in [0.1, 0.15) is 49.4 Å². The van der Waals surface area contributed by atoms with Crippen LogP contribution in [0.5, 0.6) is 0 Å². The molecule has 0 saturated carbocycles. The van der Waals surface area contributed by atoms with E-state index in [-0.39, 0.29) is 24.3 Å². The molecule has 1 aromatic rings. The van der Waals surface area contributed by atoms with Crippen molar-refractivity contribution >= 4 is 23.4 Å². The molecule has 1 aliphatic carbocycles. The van der Waals surface area contributed by atoms with Crippen LogP contribution >= 0.6 is 0 Å². The van der Waals surface area contributed by atoms with E-state index >= 15 is 0 Å². The largest absolute Gasteiger partial charge is 0.354 e.